The van der Waals surface area contributed by atoms with Gasteiger partial charge >= 0.3 is 0 Å². The lowest BCUT2D eigenvalue weighted by Crippen LogP contribution is -2.43. The standard InChI is InChI=1S/C10H20N2O.2ClH/c13-10-4-6-12(8-10)7-9-3-1-2-5-11-9;;/h9-11,13H,1-8H2;2*1H. The van der Waals surface area contributed by atoms with E-state index in [9.17, 15) is 5.11 Å². The maximum Gasteiger partial charge on any atom is 0.0679 e. The van der Waals surface area contributed by atoms with Crippen molar-refractivity contribution in [2.45, 2.75) is 37.8 Å². The lowest BCUT2D eigenvalue weighted by Gasteiger charge is -2.27. The Morgan fingerprint density at radius 3 is 2.53 bits per heavy atom. The van der Waals surface area contributed by atoms with Crippen LogP contribution in [-0.2, 0) is 0 Å². The summed E-state index contributed by atoms with van der Waals surface area (Å²) in [4.78, 5) is 2.38. The molecule has 0 amide bonds. The van der Waals surface area contributed by atoms with E-state index in [1.165, 1.54) is 25.8 Å². The summed E-state index contributed by atoms with van der Waals surface area (Å²) in [5.74, 6) is 0. The average Bonchev–Trinajstić information content (AvgIpc) is 2.53. The van der Waals surface area contributed by atoms with Crippen LogP contribution in [0.5, 0.6) is 0 Å². The maximum atomic E-state index is 9.37. The number of halogens is 2. The van der Waals surface area contributed by atoms with Crippen LogP contribution in [0, 0.1) is 0 Å². The summed E-state index contributed by atoms with van der Waals surface area (Å²) in [5, 5.41) is 12.9. The second kappa shape index (κ2) is 7.69. The molecule has 92 valence electrons. The monoisotopic (exact) mass is 256 g/mol. The van der Waals surface area contributed by atoms with Crippen LogP contribution in [0.15, 0.2) is 0 Å². The molecule has 2 rings (SSSR count). The van der Waals surface area contributed by atoms with Gasteiger partial charge in [0.15, 0.2) is 0 Å². The first-order chi connectivity index (χ1) is 6.34. The molecule has 3 nitrogen and oxygen atoms in total. The first-order valence-electron chi connectivity index (χ1n) is 5.48. The lowest BCUT2D eigenvalue weighted by atomic mass is 10.0. The van der Waals surface area contributed by atoms with Gasteiger partial charge in [-0.2, -0.15) is 0 Å². The molecule has 2 unspecified atom stereocenters. The number of hydrogen-bond acceptors (Lipinski definition) is 3. The Hall–Kier alpha value is 0.460. The van der Waals surface area contributed by atoms with E-state index < -0.39 is 0 Å². The van der Waals surface area contributed by atoms with Gasteiger partial charge in [-0.1, -0.05) is 6.42 Å². The highest BCUT2D eigenvalue weighted by molar-refractivity contribution is 5.85. The van der Waals surface area contributed by atoms with Gasteiger partial charge in [0.2, 0.25) is 0 Å². The van der Waals surface area contributed by atoms with Gasteiger partial charge < -0.3 is 10.4 Å². The highest BCUT2D eigenvalue weighted by Gasteiger charge is 2.23. The summed E-state index contributed by atoms with van der Waals surface area (Å²) >= 11 is 0. The highest BCUT2D eigenvalue weighted by Crippen LogP contribution is 2.13. The molecule has 2 heterocycles. The number of nitrogens with zero attached hydrogens (tertiary/aromatic N) is 1. The van der Waals surface area contributed by atoms with Crippen LogP contribution in [0.4, 0.5) is 0 Å². The van der Waals surface area contributed by atoms with Crippen molar-refractivity contribution in [1.29, 1.82) is 0 Å². The van der Waals surface area contributed by atoms with Crippen molar-refractivity contribution in [3.8, 4) is 0 Å². The summed E-state index contributed by atoms with van der Waals surface area (Å²) in [6.07, 6.45) is 4.91. The minimum absolute atomic E-state index is 0. The largest absolute Gasteiger partial charge is 0.392 e. The second-order valence-electron chi connectivity index (χ2n) is 4.35. The third-order valence-corrected chi connectivity index (χ3v) is 3.14. The number of likely N-dealkylation sites (tertiary alicyclic amines) is 1. The lowest BCUT2D eigenvalue weighted by molar-refractivity contribution is 0.169. The fraction of sp³-hybridized carbons (Fsp3) is 1.00. The van der Waals surface area contributed by atoms with Gasteiger partial charge in [-0.25, -0.2) is 0 Å². The Morgan fingerprint density at radius 2 is 2.00 bits per heavy atom. The average molecular weight is 257 g/mol. The first kappa shape index (κ1) is 15.5. The predicted octanol–water partition coefficient (Wildman–Crippen LogP) is 1.04. The molecule has 2 saturated heterocycles. The Labute approximate surface area is 104 Å². The molecular weight excluding hydrogens is 235 g/mol. The van der Waals surface area contributed by atoms with Crippen LogP contribution in [0.1, 0.15) is 25.7 Å². The molecule has 2 atom stereocenters. The normalized spacial score (nSPS) is 31.8. The number of aliphatic hydroxyl groups is 1. The van der Waals surface area contributed by atoms with Gasteiger partial charge in [0, 0.05) is 25.7 Å². The van der Waals surface area contributed by atoms with Gasteiger partial charge in [0.25, 0.3) is 0 Å². The zero-order valence-corrected chi connectivity index (χ0v) is 10.7. The Bertz CT molecular complexity index is 163. The zero-order valence-electron chi connectivity index (χ0n) is 9.02. The van der Waals surface area contributed by atoms with E-state index in [1.807, 2.05) is 0 Å². The van der Waals surface area contributed by atoms with Crippen LogP contribution in [0.25, 0.3) is 0 Å². The minimum Gasteiger partial charge on any atom is -0.392 e. The van der Waals surface area contributed by atoms with Gasteiger partial charge in [-0.05, 0) is 25.8 Å². The molecule has 15 heavy (non-hydrogen) atoms. The number of rotatable bonds is 2. The summed E-state index contributed by atoms with van der Waals surface area (Å²) in [7, 11) is 0. The smallest absolute Gasteiger partial charge is 0.0679 e. The molecule has 5 heteroatoms. The van der Waals surface area contributed by atoms with Crippen LogP contribution in [-0.4, -0.2) is 48.3 Å². The number of β-amino-alcohol motifs (C(OH)–C–C–N with tert-alkyl or cyclic N) is 1. The van der Waals surface area contributed by atoms with E-state index in [-0.39, 0.29) is 30.9 Å². The summed E-state index contributed by atoms with van der Waals surface area (Å²) in [5.41, 5.74) is 0. The SMILES string of the molecule is Cl.Cl.OC1CCN(CC2CCCCN2)C1. The molecule has 0 spiro atoms. The molecule has 0 aromatic carbocycles. The molecule has 2 fully saturated rings. The topological polar surface area (TPSA) is 35.5 Å². The molecule has 2 aliphatic rings. The van der Waals surface area contributed by atoms with Gasteiger partial charge in [0.05, 0.1) is 6.10 Å². The summed E-state index contributed by atoms with van der Waals surface area (Å²) in [6, 6.07) is 0.680. The number of piperidine rings is 1. The molecule has 0 bridgehead atoms. The number of hydrogen-bond donors (Lipinski definition) is 2. The van der Waals surface area contributed by atoms with Crippen molar-refractivity contribution in [2.75, 3.05) is 26.2 Å². The number of aliphatic hydroxyl groups excluding tert-OH is 1. The highest BCUT2D eigenvalue weighted by atomic mass is 35.5. The quantitative estimate of drug-likeness (QED) is 0.776. The molecule has 0 aromatic rings. The maximum absolute atomic E-state index is 9.37. The van der Waals surface area contributed by atoms with Crippen molar-refractivity contribution >= 4 is 24.8 Å². The van der Waals surface area contributed by atoms with Gasteiger partial charge in [0.1, 0.15) is 0 Å². The fourth-order valence-electron chi connectivity index (χ4n) is 2.37. The number of nitrogens with one attached hydrogen (secondary N) is 1. The molecule has 0 saturated carbocycles. The van der Waals surface area contributed by atoms with Crippen LogP contribution >= 0.6 is 24.8 Å². The second-order valence-corrected chi connectivity index (χ2v) is 4.35. The van der Waals surface area contributed by atoms with Crippen LogP contribution in [0.2, 0.25) is 0 Å². The van der Waals surface area contributed by atoms with Gasteiger partial charge in [-0.15, -0.1) is 24.8 Å². The fourth-order valence-corrected chi connectivity index (χ4v) is 2.37. The molecule has 0 aliphatic carbocycles. The predicted molar refractivity (Wildman–Crippen MR) is 67.2 cm³/mol. The van der Waals surface area contributed by atoms with Crippen molar-refractivity contribution in [3.05, 3.63) is 0 Å². The van der Waals surface area contributed by atoms with E-state index in [0.29, 0.717) is 6.04 Å². The van der Waals surface area contributed by atoms with E-state index in [1.54, 1.807) is 0 Å². The van der Waals surface area contributed by atoms with E-state index in [4.69, 9.17) is 0 Å². The zero-order chi connectivity index (χ0) is 9.10. The van der Waals surface area contributed by atoms with Crippen molar-refractivity contribution in [1.82, 2.24) is 10.2 Å². The third kappa shape index (κ3) is 4.87. The molecule has 0 aromatic heterocycles. The first-order valence-corrected chi connectivity index (χ1v) is 5.48. The van der Waals surface area contributed by atoms with Crippen molar-refractivity contribution in [3.63, 3.8) is 0 Å². The Morgan fingerprint density at radius 1 is 1.20 bits per heavy atom. The molecular formula is C10H22Cl2N2O. The minimum atomic E-state index is -0.0661. The molecule has 2 aliphatic heterocycles. The van der Waals surface area contributed by atoms with Crippen molar-refractivity contribution in [2.24, 2.45) is 0 Å². The van der Waals surface area contributed by atoms with E-state index >= 15 is 0 Å². The Balaban J connectivity index is 0.000000980. The van der Waals surface area contributed by atoms with E-state index in [2.05, 4.69) is 10.2 Å². The summed E-state index contributed by atoms with van der Waals surface area (Å²) < 4.78 is 0. The molecule has 0 radical (unpaired) electrons. The third-order valence-electron chi connectivity index (χ3n) is 3.14. The Kier molecular flexibility index (Phi) is 7.92. The van der Waals surface area contributed by atoms with Crippen LogP contribution in [0.3, 0.4) is 0 Å². The van der Waals surface area contributed by atoms with E-state index in [0.717, 1.165) is 26.1 Å². The summed E-state index contributed by atoms with van der Waals surface area (Å²) in [6.45, 7) is 4.29. The van der Waals surface area contributed by atoms with Crippen LogP contribution < -0.4 is 5.32 Å². The molecule has 2 N–H and O–H groups in total. The van der Waals surface area contributed by atoms with Crippen molar-refractivity contribution < 1.29 is 5.11 Å². The van der Waals surface area contributed by atoms with Gasteiger partial charge in [-0.3, -0.25) is 4.90 Å².